The average molecular weight is 367 g/mol. The van der Waals surface area contributed by atoms with Crippen LogP contribution in [-0.2, 0) is 15.0 Å². The van der Waals surface area contributed by atoms with Crippen molar-refractivity contribution in [1.29, 1.82) is 0 Å². The molecule has 1 fully saturated rings. The molecule has 1 saturated carbocycles. The molecular weight excluding hydrogens is 342 g/mol. The van der Waals surface area contributed by atoms with Crippen LogP contribution in [0.2, 0.25) is 0 Å². The second-order valence-corrected chi connectivity index (χ2v) is 6.66. The fraction of sp³-hybridized carbons (Fsp3) is 0.273. The first-order valence-corrected chi connectivity index (χ1v) is 8.94. The van der Waals surface area contributed by atoms with E-state index in [0.717, 1.165) is 25.7 Å². The van der Waals surface area contributed by atoms with E-state index in [1.807, 2.05) is 0 Å². The smallest absolute Gasteiger partial charge is 0.328 e. The molecule has 0 spiro atoms. The number of hydrogen-bond donors (Lipinski definition) is 3. The summed E-state index contributed by atoms with van der Waals surface area (Å²) in [5, 5.41) is 15.6. The molecule has 27 heavy (non-hydrogen) atoms. The molecule has 5 nitrogen and oxygen atoms in total. The van der Waals surface area contributed by atoms with Gasteiger partial charge >= 0.3 is 11.9 Å². The second kappa shape index (κ2) is 9.69. The third-order valence-corrected chi connectivity index (χ3v) is 4.91. The molecule has 1 aliphatic rings. The Morgan fingerprint density at radius 1 is 0.815 bits per heavy atom. The highest BCUT2D eigenvalue weighted by molar-refractivity contribution is 5.89. The largest absolute Gasteiger partial charge is 0.478 e. The maximum atomic E-state index is 9.55. The maximum absolute atomic E-state index is 9.55. The van der Waals surface area contributed by atoms with E-state index < -0.39 is 11.9 Å². The van der Waals surface area contributed by atoms with Gasteiger partial charge in [-0.2, -0.15) is 0 Å². The minimum absolute atomic E-state index is 0.165. The Kier molecular flexibility index (Phi) is 7.32. The highest BCUT2D eigenvalue weighted by Gasteiger charge is 2.37. The molecular formula is C22H25NO4. The lowest BCUT2D eigenvalue weighted by atomic mass is 9.64. The monoisotopic (exact) mass is 367 g/mol. The lowest BCUT2D eigenvalue weighted by Crippen LogP contribution is -2.37. The quantitative estimate of drug-likeness (QED) is 0.717. The number of carboxylic acids is 2. The van der Waals surface area contributed by atoms with Gasteiger partial charge in [-0.3, -0.25) is 0 Å². The molecule has 142 valence electrons. The topological polar surface area (TPSA) is 101 Å². The molecule has 0 bridgehead atoms. The van der Waals surface area contributed by atoms with Crippen LogP contribution in [0.1, 0.15) is 36.8 Å². The summed E-state index contributed by atoms with van der Waals surface area (Å²) in [7, 11) is 0. The number of hydrogen-bond acceptors (Lipinski definition) is 3. The van der Waals surface area contributed by atoms with Crippen LogP contribution in [0.15, 0.2) is 72.8 Å². The van der Waals surface area contributed by atoms with E-state index in [1.54, 1.807) is 0 Å². The molecule has 0 unspecified atom stereocenters. The fourth-order valence-corrected chi connectivity index (χ4v) is 3.53. The Labute approximate surface area is 159 Å². The SMILES string of the molecule is NC1CCC(c2ccccc2)(c2ccccc2)CC1.O=C(O)/C=C\C(=O)O. The van der Waals surface area contributed by atoms with Crippen molar-refractivity contribution in [2.75, 3.05) is 0 Å². The fourth-order valence-electron chi connectivity index (χ4n) is 3.53. The van der Waals surface area contributed by atoms with Gasteiger partial charge in [-0.05, 0) is 36.8 Å². The Hall–Kier alpha value is -2.92. The number of carboxylic acid groups (broad SMARTS) is 2. The van der Waals surface area contributed by atoms with Crippen LogP contribution < -0.4 is 5.73 Å². The van der Waals surface area contributed by atoms with Crippen LogP contribution in [-0.4, -0.2) is 28.2 Å². The van der Waals surface area contributed by atoms with Crippen LogP contribution in [0.4, 0.5) is 0 Å². The number of nitrogens with two attached hydrogens (primary N) is 1. The molecule has 0 heterocycles. The van der Waals surface area contributed by atoms with E-state index >= 15 is 0 Å². The number of rotatable bonds is 4. The third-order valence-electron chi connectivity index (χ3n) is 4.91. The summed E-state index contributed by atoms with van der Waals surface area (Å²) >= 11 is 0. The van der Waals surface area contributed by atoms with Gasteiger partial charge in [0.25, 0.3) is 0 Å². The lowest BCUT2D eigenvalue weighted by molar-refractivity contribution is -0.134. The molecule has 0 radical (unpaired) electrons. The van der Waals surface area contributed by atoms with E-state index in [2.05, 4.69) is 60.7 Å². The van der Waals surface area contributed by atoms with Crippen LogP contribution >= 0.6 is 0 Å². The van der Waals surface area contributed by atoms with Gasteiger partial charge in [0, 0.05) is 23.6 Å². The van der Waals surface area contributed by atoms with E-state index in [4.69, 9.17) is 15.9 Å². The molecule has 4 N–H and O–H groups in total. The summed E-state index contributed by atoms with van der Waals surface area (Å²) in [5.74, 6) is -2.51. The van der Waals surface area contributed by atoms with Crippen molar-refractivity contribution >= 4 is 11.9 Å². The van der Waals surface area contributed by atoms with Gasteiger partial charge in [-0.25, -0.2) is 9.59 Å². The van der Waals surface area contributed by atoms with Crippen molar-refractivity contribution in [3.8, 4) is 0 Å². The standard InChI is InChI=1S/C18H21N.C4H4O4/c19-17-11-13-18(14-12-17,15-7-3-1-4-8-15)16-9-5-2-6-10-16;5-3(6)1-2-4(7)8/h1-10,17H,11-14,19H2;1-2H,(H,5,6)(H,7,8)/b;2-1-. The average Bonchev–Trinajstić information content (AvgIpc) is 2.69. The molecule has 1 aliphatic carbocycles. The zero-order valence-corrected chi connectivity index (χ0v) is 15.1. The summed E-state index contributed by atoms with van der Waals surface area (Å²) in [6, 6.07) is 22.2. The summed E-state index contributed by atoms with van der Waals surface area (Å²) in [5.41, 5.74) is 9.15. The van der Waals surface area contributed by atoms with Gasteiger partial charge in [-0.15, -0.1) is 0 Å². The van der Waals surface area contributed by atoms with Crippen molar-refractivity contribution in [2.24, 2.45) is 5.73 Å². The van der Waals surface area contributed by atoms with E-state index in [9.17, 15) is 9.59 Å². The van der Waals surface area contributed by atoms with Crippen molar-refractivity contribution in [2.45, 2.75) is 37.1 Å². The Morgan fingerprint density at radius 3 is 1.52 bits per heavy atom. The molecule has 2 aromatic rings. The third kappa shape index (κ3) is 5.79. The number of carbonyl (C=O) groups is 2. The lowest BCUT2D eigenvalue weighted by Gasteiger charge is -2.40. The molecule has 0 saturated heterocycles. The predicted octanol–water partition coefficient (Wildman–Crippen LogP) is 3.59. The Morgan fingerprint density at radius 2 is 1.19 bits per heavy atom. The van der Waals surface area contributed by atoms with E-state index in [0.29, 0.717) is 18.2 Å². The molecule has 0 atom stereocenters. The minimum atomic E-state index is -1.26. The van der Waals surface area contributed by atoms with Gasteiger partial charge in [0.2, 0.25) is 0 Å². The minimum Gasteiger partial charge on any atom is -0.478 e. The normalized spacial score (nSPS) is 16.3. The van der Waals surface area contributed by atoms with Gasteiger partial charge in [0.15, 0.2) is 0 Å². The predicted molar refractivity (Wildman–Crippen MR) is 105 cm³/mol. The van der Waals surface area contributed by atoms with Crippen LogP contribution in [0.25, 0.3) is 0 Å². The maximum Gasteiger partial charge on any atom is 0.328 e. The molecule has 0 amide bonds. The highest BCUT2D eigenvalue weighted by Crippen LogP contribution is 2.44. The summed E-state index contributed by atoms with van der Waals surface area (Å²) < 4.78 is 0. The van der Waals surface area contributed by atoms with E-state index in [1.165, 1.54) is 11.1 Å². The van der Waals surface area contributed by atoms with Crippen molar-refractivity contribution in [3.63, 3.8) is 0 Å². The zero-order valence-electron chi connectivity index (χ0n) is 15.1. The first-order chi connectivity index (χ1) is 12.9. The molecule has 2 aromatic carbocycles. The van der Waals surface area contributed by atoms with E-state index in [-0.39, 0.29) is 5.41 Å². The molecule has 0 aromatic heterocycles. The second-order valence-electron chi connectivity index (χ2n) is 6.66. The van der Waals surface area contributed by atoms with Crippen LogP contribution in [0.3, 0.4) is 0 Å². The van der Waals surface area contributed by atoms with Gasteiger partial charge in [0.05, 0.1) is 0 Å². The van der Waals surface area contributed by atoms with Gasteiger partial charge < -0.3 is 15.9 Å². The summed E-state index contributed by atoms with van der Waals surface area (Å²) in [6.45, 7) is 0. The van der Waals surface area contributed by atoms with Gasteiger partial charge in [-0.1, -0.05) is 60.7 Å². The van der Waals surface area contributed by atoms with Crippen molar-refractivity contribution in [1.82, 2.24) is 0 Å². The van der Waals surface area contributed by atoms with Crippen molar-refractivity contribution < 1.29 is 19.8 Å². The molecule has 3 rings (SSSR count). The molecule has 5 heteroatoms. The Bertz CT molecular complexity index is 706. The number of aliphatic carboxylic acids is 2. The Balaban J connectivity index is 0.000000279. The first kappa shape index (κ1) is 20.4. The number of benzene rings is 2. The molecule has 0 aliphatic heterocycles. The summed E-state index contributed by atoms with van der Waals surface area (Å²) in [4.78, 5) is 19.1. The highest BCUT2D eigenvalue weighted by atomic mass is 16.4. The zero-order chi connectivity index (χ0) is 19.7. The summed E-state index contributed by atoms with van der Waals surface area (Å²) in [6.07, 6.45) is 5.66. The van der Waals surface area contributed by atoms with Crippen molar-refractivity contribution in [3.05, 3.63) is 83.9 Å². The first-order valence-electron chi connectivity index (χ1n) is 8.94. The van der Waals surface area contributed by atoms with Crippen LogP contribution in [0, 0.1) is 0 Å². The van der Waals surface area contributed by atoms with Crippen LogP contribution in [0.5, 0.6) is 0 Å². The van der Waals surface area contributed by atoms with Gasteiger partial charge in [0.1, 0.15) is 0 Å².